The predicted octanol–water partition coefficient (Wildman–Crippen LogP) is 2.76. The van der Waals surface area contributed by atoms with Gasteiger partial charge in [-0.05, 0) is 85.0 Å². The Bertz CT molecular complexity index is 362. The van der Waals surface area contributed by atoms with Crippen LogP contribution in [0.15, 0.2) is 0 Å². The highest BCUT2D eigenvalue weighted by molar-refractivity contribution is 5.67. The number of amides is 1. The largest absolute Gasteiger partial charge is 0.444 e. The molecule has 1 saturated heterocycles. The number of alkyl carbamates (subject to hydrolysis) is 1. The Morgan fingerprint density at radius 1 is 1.17 bits per heavy atom. The maximum Gasteiger partial charge on any atom is 0.407 e. The fraction of sp³-hybridized carbons (Fsp3) is 0.944. The second-order valence-electron chi connectivity index (χ2n) is 8.04. The number of carbonyl (C=O) groups excluding carboxylic acids is 1. The van der Waals surface area contributed by atoms with Gasteiger partial charge in [0.15, 0.2) is 0 Å². The van der Waals surface area contributed by atoms with E-state index in [1.807, 2.05) is 20.8 Å². The van der Waals surface area contributed by atoms with Gasteiger partial charge in [0, 0.05) is 12.6 Å². The van der Waals surface area contributed by atoms with Gasteiger partial charge in [-0.1, -0.05) is 6.42 Å². The van der Waals surface area contributed by atoms with Gasteiger partial charge in [0.05, 0.1) is 0 Å². The summed E-state index contributed by atoms with van der Waals surface area (Å²) in [4.78, 5) is 14.3. The first-order valence-corrected chi connectivity index (χ1v) is 9.36. The fourth-order valence-electron chi connectivity index (χ4n) is 3.67. The van der Waals surface area contributed by atoms with E-state index < -0.39 is 5.60 Å². The summed E-state index contributed by atoms with van der Waals surface area (Å²) in [6, 6.07) is 0.545. The molecule has 0 aromatic heterocycles. The van der Waals surface area contributed by atoms with Crippen molar-refractivity contribution < 1.29 is 9.53 Å². The van der Waals surface area contributed by atoms with E-state index in [2.05, 4.69) is 15.5 Å². The van der Waals surface area contributed by atoms with E-state index >= 15 is 0 Å². The molecular formula is C18H35N3O2. The number of rotatable bonds is 7. The molecule has 1 aliphatic carbocycles. The topological polar surface area (TPSA) is 53.6 Å². The van der Waals surface area contributed by atoms with Crippen molar-refractivity contribution in [2.75, 3.05) is 32.7 Å². The molecule has 0 bridgehead atoms. The molecule has 2 aliphatic rings. The summed E-state index contributed by atoms with van der Waals surface area (Å²) >= 11 is 0. The van der Waals surface area contributed by atoms with Crippen LogP contribution >= 0.6 is 0 Å². The molecule has 2 atom stereocenters. The molecule has 1 heterocycles. The van der Waals surface area contributed by atoms with Crippen LogP contribution in [0.1, 0.15) is 59.3 Å². The highest BCUT2D eigenvalue weighted by Gasteiger charge is 2.27. The van der Waals surface area contributed by atoms with Crippen molar-refractivity contribution in [1.29, 1.82) is 0 Å². The molecule has 5 heteroatoms. The average Bonchev–Trinajstić information content (AvgIpc) is 3.11. The molecule has 5 nitrogen and oxygen atoms in total. The van der Waals surface area contributed by atoms with Crippen molar-refractivity contribution in [2.24, 2.45) is 5.92 Å². The first-order valence-electron chi connectivity index (χ1n) is 9.36. The Kier molecular flexibility index (Phi) is 7.15. The molecule has 1 amide bonds. The number of hydrogen-bond donors (Lipinski definition) is 2. The molecule has 23 heavy (non-hydrogen) atoms. The standard InChI is InChI=1S/C18H35N3O2/c1-18(2,3)23-17(22)20-14-15-8-6-9-16(15)19-10-7-13-21-11-4-5-12-21/h15-16,19H,4-14H2,1-3H3,(H,20,22). The highest BCUT2D eigenvalue weighted by Crippen LogP contribution is 2.25. The van der Waals surface area contributed by atoms with E-state index in [1.165, 1.54) is 58.2 Å². The number of likely N-dealkylation sites (tertiary alicyclic amines) is 1. The normalized spacial score (nSPS) is 25.7. The third kappa shape index (κ3) is 7.08. The number of nitrogens with zero attached hydrogens (tertiary/aromatic N) is 1. The minimum Gasteiger partial charge on any atom is -0.444 e. The lowest BCUT2D eigenvalue weighted by Crippen LogP contribution is -2.41. The van der Waals surface area contributed by atoms with Gasteiger partial charge in [0.2, 0.25) is 0 Å². The fourth-order valence-corrected chi connectivity index (χ4v) is 3.67. The van der Waals surface area contributed by atoms with Gasteiger partial charge < -0.3 is 20.3 Å². The number of carbonyl (C=O) groups is 1. The van der Waals surface area contributed by atoms with Crippen molar-refractivity contribution >= 4 is 6.09 Å². The second-order valence-corrected chi connectivity index (χ2v) is 8.04. The van der Waals surface area contributed by atoms with Gasteiger partial charge >= 0.3 is 6.09 Å². The average molecular weight is 325 g/mol. The predicted molar refractivity (Wildman–Crippen MR) is 93.7 cm³/mol. The molecule has 0 aromatic carbocycles. The minimum atomic E-state index is -0.424. The third-order valence-corrected chi connectivity index (χ3v) is 4.82. The molecule has 1 aliphatic heterocycles. The maximum absolute atomic E-state index is 11.8. The molecule has 0 aromatic rings. The second kappa shape index (κ2) is 8.88. The van der Waals surface area contributed by atoms with Gasteiger partial charge in [-0.25, -0.2) is 4.79 Å². The lowest BCUT2D eigenvalue weighted by molar-refractivity contribution is 0.0517. The van der Waals surface area contributed by atoms with E-state index in [-0.39, 0.29) is 6.09 Å². The van der Waals surface area contributed by atoms with Gasteiger partial charge in [0.1, 0.15) is 5.60 Å². The van der Waals surface area contributed by atoms with Gasteiger partial charge in [-0.15, -0.1) is 0 Å². The minimum absolute atomic E-state index is 0.294. The Hall–Kier alpha value is -0.810. The molecule has 2 unspecified atom stereocenters. The summed E-state index contributed by atoms with van der Waals surface area (Å²) in [5.41, 5.74) is -0.424. The number of ether oxygens (including phenoxy) is 1. The SMILES string of the molecule is CC(C)(C)OC(=O)NCC1CCCC1NCCCN1CCCC1. The van der Waals surface area contributed by atoms with Crippen LogP contribution in [0.2, 0.25) is 0 Å². The maximum atomic E-state index is 11.8. The summed E-state index contributed by atoms with van der Waals surface area (Å²) in [6.45, 7) is 11.3. The van der Waals surface area contributed by atoms with Crippen molar-refractivity contribution in [2.45, 2.75) is 70.9 Å². The zero-order chi connectivity index (χ0) is 16.7. The van der Waals surface area contributed by atoms with E-state index in [0.717, 1.165) is 13.1 Å². The smallest absolute Gasteiger partial charge is 0.407 e. The van der Waals surface area contributed by atoms with Crippen molar-refractivity contribution in [3.05, 3.63) is 0 Å². The molecule has 2 rings (SSSR count). The number of hydrogen-bond acceptors (Lipinski definition) is 4. The lowest BCUT2D eigenvalue weighted by Gasteiger charge is -2.24. The molecule has 0 radical (unpaired) electrons. The zero-order valence-electron chi connectivity index (χ0n) is 15.2. The van der Waals surface area contributed by atoms with Crippen molar-refractivity contribution in [1.82, 2.24) is 15.5 Å². The molecule has 2 N–H and O–H groups in total. The highest BCUT2D eigenvalue weighted by atomic mass is 16.6. The summed E-state index contributed by atoms with van der Waals surface area (Å²) in [6.07, 6.45) is 7.34. The van der Waals surface area contributed by atoms with Crippen LogP contribution in [0.3, 0.4) is 0 Å². The first-order chi connectivity index (χ1) is 10.9. The number of nitrogens with one attached hydrogen (secondary N) is 2. The van der Waals surface area contributed by atoms with Crippen LogP contribution < -0.4 is 10.6 Å². The molecule has 0 spiro atoms. The molecule has 1 saturated carbocycles. The van der Waals surface area contributed by atoms with Crippen LogP contribution in [0.5, 0.6) is 0 Å². The Morgan fingerprint density at radius 3 is 2.61 bits per heavy atom. The summed E-state index contributed by atoms with van der Waals surface area (Å²) in [5.74, 6) is 0.536. The van der Waals surface area contributed by atoms with Crippen LogP contribution in [-0.4, -0.2) is 55.4 Å². The van der Waals surface area contributed by atoms with Gasteiger partial charge in [-0.2, -0.15) is 0 Å². The van der Waals surface area contributed by atoms with Gasteiger partial charge in [0.25, 0.3) is 0 Å². The zero-order valence-corrected chi connectivity index (χ0v) is 15.2. The Morgan fingerprint density at radius 2 is 1.91 bits per heavy atom. The monoisotopic (exact) mass is 325 g/mol. The van der Waals surface area contributed by atoms with E-state index in [9.17, 15) is 4.79 Å². The molecular weight excluding hydrogens is 290 g/mol. The summed E-state index contributed by atoms with van der Waals surface area (Å²) in [7, 11) is 0. The first kappa shape index (κ1) is 18.5. The van der Waals surface area contributed by atoms with Crippen LogP contribution in [-0.2, 0) is 4.74 Å². The van der Waals surface area contributed by atoms with E-state index in [0.29, 0.717) is 12.0 Å². The Labute approximate surface area is 141 Å². The quantitative estimate of drug-likeness (QED) is 0.707. The van der Waals surface area contributed by atoms with Crippen molar-refractivity contribution in [3.8, 4) is 0 Å². The molecule has 134 valence electrons. The van der Waals surface area contributed by atoms with E-state index in [1.54, 1.807) is 0 Å². The van der Waals surface area contributed by atoms with Crippen LogP contribution in [0.4, 0.5) is 4.79 Å². The summed E-state index contributed by atoms with van der Waals surface area (Å²) in [5, 5.41) is 6.65. The van der Waals surface area contributed by atoms with Crippen LogP contribution in [0.25, 0.3) is 0 Å². The van der Waals surface area contributed by atoms with Crippen LogP contribution in [0, 0.1) is 5.92 Å². The van der Waals surface area contributed by atoms with E-state index in [4.69, 9.17) is 4.74 Å². The summed E-state index contributed by atoms with van der Waals surface area (Å²) < 4.78 is 5.31. The lowest BCUT2D eigenvalue weighted by atomic mass is 10.0. The van der Waals surface area contributed by atoms with Crippen molar-refractivity contribution in [3.63, 3.8) is 0 Å². The molecule has 2 fully saturated rings. The Balaban J connectivity index is 1.59. The third-order valence-electron chi connectivity index (χ3n) is 4.82. The van der Waals surface area contributed by atoms with Gasteiger partial charge in [-0.3, -0.25) is 0 Å².